The first-order valence-electron chi connectivity index (χ1n) is 7.95. The van der Waals surface area contributed by atoms with E-state index < -0.39 is 12.0 Å². The molecule has 0 unspecified atom stereocenters. The largest absolute Gasteiger partial charge is 0.493 e. The van der Waals surface area contributed by atoms with Crippen LogP contribution in [0, 0.1) is 0 Å². The van der Waals surface area contributed by atoms with Gasteiger partial charge in [0.1, 0.15) is 10.9 Å². The van der Waals surface area contributed by atoms with E-state index in [0.29, 0.717) is 27.3 Å². The summed E-state index contributed by atoms with van der Waals surface area (Å²) in [6.45, 7) is 1.72. The molecule has 1 aromatic carbocycles. The van der Waals surface area contributed by atoms with Crippen molar-refractivity contribution < 1.29 is 19.4 Å². The molecule has 0 saturated heterocycles. The van der Waals surface area contributed by atoms with Crippen molar-refractivity contribution in [3.63, 3.8) is 0 Å². The molecular weight excluding hydrogens is 356 g/mol. The van der Waals surface area contributed by atoms with Crippen molar-refractivity contribution in [1.82, 2.24) is 9.55 Å². The molecule has 136 valence electrons. The Balaban J connectivity index is 2.22. The van der Waals surface area contributed by atoms with Crippen LogP contribution in [0.4, 0.5) is 0 Å². The molecule has 1 N–H and O–H groups in total. The quantitative estimate of drug-likeness (QED) is 0.713. The monoisotopic (exact) mass is 374 g/mol. The summed E-state index contributed by atoms with van der Waals surface area (Å²) in [5, 5.41) is 11.6. The number of aromatic nitrogens is 2. The van der Waals surface area contributed by atoms with Crippen LogP contribution in [0.2, 0.25) is 0 Å². The van der Waals surface area contributed by atoms with Gasteiger partial charge in [-0.05, 0) is 24.1 Å². The first-order chi connectivity index (χ1) is 12.5. The number of ether oxygens (including phenoxy) is 2. The van der Waals surface area contributed by atoms with Crippen LogP contribution >= 0.6 is 11.3 Å². The molecule has 2 aromatic heterocycles. The molecule has 0 spiro atoms. The number of carboxylic acid groups (broad SMARTS) is 1. The molecule has 0 fully saturated rings. The zero-order valence-electron chi connectivity index (χ0n) is 14.6. The molecule has 0 saturated carbocycles. The molecular formula is C18H18N2O5S. The Bertz CT molecular complexity index is 1020. The SMILES string of the molecule is CC[C@H](C(=O)O)n1cnc2scc(-c3ccc(OC)c(OC)c3)c2c1=O. The van der Waals surface area contributed by atoms with Crippen LogP contribution in [0.1, 0.15) is 19.4 Å². The standard InChI is InChI=1S/C18H18N2O5S/c1-4-12(18(22)23)20-9-19-16-15(17(20)21)11(8-26-16)10-5-6-13(24-2)14(7-10)25-3/h5-9,12H,4H2,1-3H3,(H,22,23)/t12-/m1/s1. The lowest BCUT2D eigenvalue weighted by atomic mass is 10.1. The van der Waals surface area contributed by atoms with Crippen molar-refractivity contribution in [3.05, 3.63) is 40.3 Å². The normalized spacial score (nSPS) is 12.1. The van der Waals surface area contributed by atoms with Gasteiger partial charge in [0.2, 0.25) is 0 Å². The van der Waals surface area contributed by atoms with Crippen LogP contribution < -0.4 is 15.0 Å². The lowest BCUT2D eigenvalue weighted by Crippen LogP contribution is -2.29. The summed E-state index contributed by atoms with van der Waals surface area (Å²) in [7, 11) is 3.09. The zero-order valence-corrected chi connectivity index (χ0v) is 15.4. The molecule has 0 radical (unpaired) electrons. The highest BCUT2D eigenvalue weighted by molar-refractivity contribution is 7.17. The molecule has 7 nitrogen and oxygen atoms in total. The zero-order chi connectivity index (χ0) is 18.8. The van der Waals surface area contributed by atoms with Gasteiger partial charge in [0.15, 0.2) is 11.5 Å². The number of aliphatic carboxylic acids is 1. The summed E-state index contributed by atoms with van der Waals surface area (Å²) in [4.78, 5) is 29.3. The number of hydrogen-bond donors (Lipinski definition) is 1. The van der Waals surface area contributed by atoms with Crippen LogP contribution in [-0.4, -0.2) is 34.8 Å². The van der Waals surface area contributed by atoms with E-state index in [1.807, 2.05) is 11.4 Å². The maximum absolute atomic E-state index is 13.0. The maximum Gasteiger partial charge on any atom is 0.326 e. The molecule has 26 heavy (non-hydrogen) atoms. The topological polar surface area (TPSA) is 90.7 Å². The van der Waals surface area contributed by atoms with Gasteiger partial charge in [-0.25, -0.2) is 9.78 Å². The minimum Gasteiger partial charge on any atom is -0.493 e. The molecule has 0 bridgehead atoms. The number of methoxy groups -OCH3 is 2. The predicted octanol–water partition coefficient (Wildman–Crippen LogP) is 3.18. The average Bonchev–Trinajstić information content (AvgIpc) is 3.08. The third-order valence-corrected chi connectivity index (χ3v) is 5.11. The highest BCUT2D eigenvalue weighted by atomic mass is 32.1. The summed E-state index contributed by atoms with van der Waals surface area (Å²) < 4.78 is 11.8. The Morgan fingerprint density at radius 3 is 2.65 bits per heavy atom. The van der Waals surface area contributed by atoms with E-state index in [1.54, 1.807) is 33.3 Å². The Hall–Kier alpha value is -2.87. The van der Waals surface area contributed by atoms with Gasteiger partial charge in [-0.15, -0.1) is 11.3 Å². The number of nitrogens with zero attached hydrogens (tertiary/aromatic N) is 2. The van der Waals surface area contributed by atoms with Gasteiger partial charge < -0.3 is 14.6 Å². The van der Waals surface area contributed by atoms with Gasteiger partial charge in [-0.1, -0.05) is 13.0 Å². The second-order valence-electron chi connectivity index (χ2n) is 5.62. The van der Waals surface area contributed by atoms with E-state index in [2.05, 4.69) is 4.98 Å². The smallest absolute Gasteiger partial charge is 0.326 e. The number of hydrogen-bond acceptors (Lipinski definition) is 6. The molecule has 8 heteroatoms. The fourth-order valence-electron chi connectivity index (χ4n) is 2.87. The molecule has 3 rings (SSSR count). The summed E-state index contributed by atoms with van der Waals surface area (Å²) in [5.41, 5.74) is 1.10. The molecule has 0 aliphatic carbocycles. The molecule has 0 aliphatic rings. The van der Waals surface area contributed by atoms with Crippen molar-refractivity contribution >= 4 is 27.5 Å². The molecule has 0 aliphatic heterocycles. The van der Waals surface area contributed by atoms with Crippen molar-refractivity contribution in [3.8, 4) is 22.6 Å². The van der Waals surface area contributed by atoms with E-state index in [4.69, 9.17) is 9.47 Å². The van der Waals surface area contributed by atoms with E-state index in [1.165, 1.54) is 22.2 Å². The van der Waals surface area contributed by atoms with E-state index in [-0.39, 0.29) is 12.0 Å². The van der Waals surface area contributed by atoms with Crippen LogP contribution in [-0.2, 0) is 4.79 Å². The fraction of sp³-hybridized carbons (Fsp3) is 0.278. The number of carboxylic acids is 1. The lowest BCUT2D eigenvalue weighted by molar-refractivity contribution is -0.141. The number of rotatable bonds is 6. The Labute approximate surface area is 153 Å². The highest BCUT2D eigenvalue weighted by Crippen LogP contribution is 2.36. The number of carbonyl (C=O) groups is 1. The van der Waals surface area contributed by atoms with Crippen LogP contribution in [0.5, 0.6) is 11.5 Å². The minimum absolute atomic E-state index is 0.290. The predicted molar refractivity (Wildman–Crippen MR) is 99.4 cm³/mol. The van der Waals surface area contributed by atoms with Crippen molar-refractivity contribution in [2.24, 2.45) is 0 Å². The van der Waals surface area contributed by atoms with Crippen LogP contribution in [0.15, 0.2) is 34.7 Å². The van der Waals surface area contributed by atoms with Gasteiger partial charge in [0.05, 0.1) is 25.9 Å². The van der Waals surface area contributed by atoms with Gasteiger partial charge >= 0.3 is 5.97 Å². The second-order valence-corrected chi connectivity index (χ2v) is 6.48. The molecule has 1 atom stereocenters. The first kappa shape index (κ1) is 17.9. The van der Waals surface area contributed by atoms with Gasteiger partial charge in [-0.2, -0.15) is 0 Å². The van der Waals surface area contributed by atoms with Crippen LogP contribution in [0.3, 0.4) is 0 Å². The van der Waals surface area contributed by atoms with Gasteiger partial charge in [0.25, 0.3) is 5.56 Å². The highest BCUT2D eigenvalue weighted by Gasteiger charge is 2.22. The van der Waals surface area contributed by atoms with Crippen molar-refractivity contribution in [1.29, 1.82) is 0 Å². The molecule has 2 heterocycles. The first-order valence-corrected chi connectivity index (χ1v) is 8.83. The van der Waals surface area contributed by atoms with E-state index >= 15 is 0 Å². The Morgan fingerprint density at radius 1 is 1.31 bits per heavy atom. The van der Waals surface area contributed by atoms with E-state index in [9.17, 15) is 14.7 Å². The Kier molecular flexibility index (Phi) is 4.94. The summed E-state index contributed by atoms with van der Waals surface area (Å²) in [5.74, 6) is 0.0763. The number of fused-ring (bicyclic) bond motifs is 1. The summed E-state index contributed by atoms with van der Waals surface area (Å²) in [6, 6.07) is 4.43. The van der Waals surface area contributed by atoms with Crippen LogP contribution in [0.25, 0.3) is 21.3 Å². The van der Waals surface area contributed by atoms with Crippen molar-refractivity contribution in [2.45, 2.75) is 19.4 Å². The minimum atomic E-state index is -1.06. The maximum atomic E-state index is 13.0. The third kappa shape index (κ3) is 2.92. The number of thiophene rings is 1. The van der Waals surface area contributed by atoms with E-state index in [0.717, 1.165) is 5.56 Å². The molecule has 0 amide bonds. The second kappa shape index (κ2) is 7.17. The lowest BCUT2D eigenvalue weighted by Gasteiger charge is -2.13. The number of benzene rings is 1. The van der Waals surface area contributed by atoms with Gasteiger partial charge in [0, 0.05) is 10.9 Å². The van der Waals surface area contributed by atoms with Crippen molar-refractivity contribution in [2.75, 3.05) is 14.2 Å². The molecule has 3 aromatic rings. The average molecular weight is 374 g/mol. The Morgan fingerprint density at radius 2 is 2.04 bits per heavy atom. The fourth-order valence-corrected chi connectivity index (χ4v) is 3.78. The summed E-state index contributed by atoms with van der Waals surface area (Å²) >= 11 is 1.34. The van der Waals surface area contributed by atoms with Gasteiger partial charge in [-0.3, -0.25) is 9.36 Å². The third-order valence-electron chi connectivity index (χ3n) is 4.22. The summed E-state index contributed by atoms with van der Waals surface area (Å²) in [6.07, 6.45) is 1.60.